The molecule has 1 rings (SSSR count). The molecule has 1 aromatic heterocycles. The molecule has 0 fully saturated rings. The summed E-state index contributed by atoms with van der Waals surface area (Å²) in [7, 11) is 0. The highest BCUT2D eigenvalue weighted by Crippen LogP contribution is 2.28. The Morgan fingerprint density at radius 1 is 1.24 bits per heavy atom. The molecule has 1 heterocycles. The fourth-order valence-electron chi connectivity index (χ4n) is 1.34. The van der Waals surface area contributed by atoms with Gasteiger partial charge >= 0.3 is 0 Å². The number of hydrogen-bond acceptors (Lipinski definition) is 4. The highest BCUT2D eigenvalue weighted by atomic mass is 79.9. The zero-order valence-corrected chi connectivity index (χ0v) is 12.1. The average Bonchev–Trinajstić information content (AvgIpc) is 2.35. The topological polar surface area (TPSA) is 47.0 Å². The Bertz CT molecular complexity index is 334. The van der Waals surface area contributed by atoms with Crippen LogP contribution in [0.4, 0.5) is 5.82 Å². The number of halogens is 1. The average molecular weight is 302 g/mol. The molecule has 1 aromatic rings. The molecule has 0 amide bonds. The molecule has 0 saturated carbocycles. The van der Waals surface area contributed by atoms with E-state index in [0.717, 1.165) is 29.7 Å². The molecular weight excluding hydrogens is 282 g/mol. The molecule has 0 aromatic carbocycles. The number of ether oxygens (including phenoxy) is 1. The second kappa shape index (κ2) is 8.28. The van der Waals surface area contributed by atoms with Crippen LogP contribution in [0.1, 0.15) is 39.5 Å². The third-order valence-corrected chi connectivity index (χ3v) is 3.00. The van der Waals surface area contributed by atoms with E-state index in [4.69, 9.17) is 4.74 Å². The van der Waals surface area contributed by atoms with Gasteiger partial charge in [-0.15, -0.1) is 0 Å². The Morgan fingerprint density at radius 3 is 2.76 bits per heavy atom. The molecule has 0 bridgehead atoms. The summed E-state index contributed by atoms with van der Waals surface area (Å²) in [6, 6.07) is 0. The Kier molecular flexibility index (Phi) is 6.93. The maximum Gasteiger partial charge on any atom is 0.233 e. The predicted molar refractivity (Wildman–Crippen MR) is 73.5 cm³/mol. The van der Waals surface area contributed by atoms with Crippen molar-refractivity contribution in [3.05, 3.63) is 10.8 Å². The van der Waals surface area contributed by atoms with Crippen LogP contribution >= 0.6 is 15.9 Å². The van der Waals surface area contributed by atoms with Crippen LogP contribution in [-0.4, -0.2) is 23.1 Å². The first-order valence-electron chi connectivity index (χ1n) is 6.16. The van der Waals surface area contributed by atoms with E-state index in [1.807, 2.05) is 0 Å². The highest BCUT2D eigenvalue weighted by molar-refractivity contribution is 9.10. The third-order valence-electron chi connectivity index (χ3n) is 2.29. The first-order valence-corrected chi connectivity index (χ1v) is 6.96. The van der Waals surface area contributed by atoms with Gasteiger partial charge < -0.3 is 10.1 Å². The molecule has 0 saturated heterocycles. The van der Waals surface area contributed by atoms with Crippen molar-refractivity contribution in [1.82, 2.24) is 9.97 Å². The van der Waals surface area contributed by atoms with Crippen LogP contribution in [0.3, 0.4) is 0 Å². The summed E-state index contributed by atoms with van der Waals surface area (Å²) in [5.74, 6) is 1.42. The molecule has 0 spiro atoms. The zero-order valence-electron chi connectivity index (χ0n) is 10.5. The molecule has 5 heteroatoms. The smallest absolute Gasteiger partial charge is 0.233 e. The first-order chi connectivity index (χ1) is 8.29. The van der Waals surface area contributed by atoms with Crippen molar-refractivity contribution in [2.75, 3.05) is 18.5 Å². The van der Waals surface area contributed by atoms with Crippen molar-refractivity contribution in [3.8, 4) is 5.88 Å². The van der Waals surface area contributed by atoms with E-state index in [9.17, 15) is 0 Å². The van der Waals surface area contributed by atoms with Crippen LogP contribution in [0.15, 0.2) is 10.8 Å². The van der Waals surface area contributed by atoms with E-state index in [1.54, 1.807) is 0 Å². The molecule has 4 nitrogen and oxygen atoms in total. The van der Waals surface area contributed by atoms with Gasteiger partial charge in [-0.1, -0.05) is 26.7 Å². The molecule has 0 aliphatic heterocycles. The Hall–Kier alpha value is -0.840. The fourth-order valence-corrected chi connectivity index (χ4v) is 1.80. The Balaban J connectivity index is 2.53. The SMILES string of the molecule is CCCCCOc1ncnc(NCCC)c1Br. The summed E-state index contributed by atoms with van der Waals surface area (Å²) in [5, 5.41) is 3.23. The van der Waals surface area contributed by atoms with E-state index < -0.39 is 0 Å². The maximum absolute atomic E-state index is 5.62. The molecule has 0 radical (unpaired) electrons. The van der Waals surface area contributed by atoms with Crippen LogP contribution in [0, 0.1) is 0 Å². The highest BCUT2D eigenvalue weighted by Gasteiger charge is 2.08. The van der Waals surface area contributed by atoms with E-state index in [-0.39, 0.29) is 0 Å². The van der Waals surface area contributed by atoms with Gasteiger partial charge in [0, 0.05) is 6.54 Å². The van der Waals surface area contributed by atoms with Gasteiger partial charge in [0.1, 0.15) is 16.6 Å². The summed E-state index contributed by atoms with van der Waals surface area (Å²) in [5.41, 5.74) is 0. The molecule has 0 unspecified atom stereocenters. The van der Waals surface area contributed by atoms with Crippen molar-refractivity contribution in [2.45, 2.75) is 39.5 Å². The monoisotopic (exact) mass is 301 g/mol. The largest absolute Gasteiger partial charge is 0.477 e. The third kappa shape index (κ3) is 4.89. The van der Waals surface area contributed by atoms with Gasteiger partial charge in [0.25, 0.3) is 0 Å². The quantitative estimate of drug-likeness (QED) is 0.745. The van der Waals surface area contributed by atoms with Crippen LogP contribution < -0.4 is 10.1 Å². The Labute approximate surface area is 111 Å². The van der Waals surface area contributed by atoms with Crippen molar-refractivity contribution in [1.29, 1.82) is 0 Å². The van der Waals surface area contributed by atoms with Gasteiger partial charge in [-0.2, -0.15) is 0 Å². The number of hydrogen-bond donors (Lipinski definition) is 1. The molecule has 1 N–H and O–H groups in total. The number of nitrogens with one attached hydrogen (secondary N) is 1. The minimum absolute atomic E-state index is 0.620. The standard InChI is InChI=1S/C12H20BrN3O/c1-3-5-6-8-17-12-10(13)11(14-7-4-2)15-9-16-12/h9H,3-8H2,1-2H3,(H,14,15,16). The maximum atomic E-state index is 5.62. The molecular formula is C12H20BrN3O. The van der Waals surface area contributed by atoms with Crippen molar-refractivity contribution in [3.63, 3.8) is 0 Å². The number of nitrogens with zero attached hydrogens (tertiary/aromatic N) is 2. The van der Waals surface area contributed by atoms with Crippen LogP contribution in [-0.2, 0) is 0 Å². The lowest BCUT2D eigenvalue weighted by molar-refractivity contribution is 0.292. The van der Waals surface area contributed by atoms with E-state index in [1.165, 1.54) is 19.2 Å². The lowest BCUT2D eigenvalue weighted by Crippen LogP contribution is -2.06. The number of anilines is 1. The van der Waals surface area contributed by atoms with Gasteiger partial charge in [-0.3, -0.25) is 0 Å². The first kappa shape index (κ1) is 14.2. The van der Waals surface area contributed by atoms with Crippen LogP contribution in [0.25, 0.3) is 0 Å². The van der Waals surface area contributed by atoms with Gasteiger partial charge in [-0.05, 0) is 28.8 Å². The summed E-state index contributed by atoms with van der Waals surface area (Å²) in [4.78, 5) is 8.30. The summed E-state index contributed by atoms with van der Waals surface area (Å²) in [6.45, 7) is 5.89. The Morgan fingerprint density at radius 2 is 2.06 bits per heavy atom. The summed E-state index contributed by atoms with van der Waals surface area (Å²) in [6.07, 6.45) is 6.02. The van der Waals surface area contributed by atoms with E-state index >= 15 is 0 Å². The van der Waals surface area contributed by atoms with Crippen LogP contribution in [0.2, 0.25) is 0 Å². The van der Waals surface area contributed by atoms with Crippen molar-refractivity contribution >= 4 is 21.7 Å². The number of rotatable bonds is 8. The summed E-state index contributed by atoms with van der Waals surface area (Å²) >= 11 is 3.47. The second-order valence-electron chi connectivity index (χ2n) is 3.82. The second-order valence-corrected chi connectivity index (χ2v) is 4.62. The van der Waals surface area contributed by atoms with Crippen molar-refractivity contribution < 1.29 is 4.74 Å². The van der Waals surface area contributed by atoms with Crippen molar-refractivity contribution in [2.24, 2.45) is 0 Å². The molecule has 96 valence electrons. The molecule has 0 atom stereocenters. The van der Waals surface area contributed by atoms with Gasteiger partial charge in [0.2, 0.25) is 5.88 Å². The van der Waals surface area contributed by atoms with Gasteiger partial charge in [0.05, 0.1) is 6.61 Å². The van der Waals surface area contributed by atoms with E-state index in [2.05, 4.69) is 45.1 Å². The summed E-state index contributed by atoms with van der Waals surface area (Å²) < 4.78 is 6.43. The van der Waals surface area contributed by atoms with Gasteiger partial charge in [0.15, 0.2) is 0 Å². The predicted octanol–water partition coefficient (Wildman–Crippen LogP) is 3.63. The van der Waals surface area contributed by atoms with E-state index in [0.29, 0.717) is 12.5 Å². The lowest BCUT2D eigenvalue weighted by atomic mass is 10.3. The minimum atomic E-state index is 0.620. The lowest BCUT2D eigenvalue weighted by Gasteiger charge is -2.10. The number of aromatic nitrogens is 2. The minimum Gasteiger partial charge on any atom is -0.477 e. The molecule has 0 aliphatic carbocycles. The zero-order chi connectivity index (χ0) is 12.5. The molecule has 17 heavy (non-hydrogen) atoms. The number of unbranched alkanes of at least 4 members (excludes halogenated alkanes) is 2. The van der Waals surface area contributed by atoms with Gasteiger partial charge in [-0.25, -0.2) is 9.97 Å². The fraction of sp³-hybridized carbons (Fsp3) is 0.667. The normalized spacial score (nSPS) is 10.3. The molecule has 0 aliphatic rings. The van der Waals surface area contributed by atoms with Crippen LogP contribution in [0.5, 0.6) is 5.88 Å².